The van der Waals surface area contributed by atoms with Crippen LogP contribution in [0.1, 0.15) is 17.7 Å². The molecule has 0 aliphatic rings. The fourth-order valence-electron chi connectivity index (χ4n) is 1.78. The lowest BCUT2D eigenvalue weighted by Gasteiger charge is -2.07. The molecule has 0 fully saturated rings. The lowest BCUT2D eigenvalue weighted by atomic mass is 10.1. The van der Waals surface area contributed by atoms with Gasteiger partial charge in [-0.3, -0.25) is 0 Å². The number of hydrogen-bond acceptors (Lipinski definition) is 3. The summed E-state index contributed by atoms with van der Waals surface area (Å²) in [6, 6.07) is 5.36. The van der Waals surface area contributed by atoms with Gasteiger partial charge in [-0.2, -0.15) is 13.2 Å². The third-order valence-corrected chi connectivity index (χ3v) is 2.85. The van der Waals surface area contributed by atoms with Crippen molar-refractivity contribution < 1.29 is 22.7 Å². The molecule has 2 rings (SSSR count). The van der Waals surface area contributed by atoms with Gasteiger partial charge < -0.3 is 5.11 Å². The van der Waals surface area contributed by atoms with E-state index in [0.29, 0.717) is 5.56 Å². The van der Waals surface area contributed by atoms with Gasteiger partial charge in [-0.1, -0.05) is 0 Å². The van der Waals surface area contributed by atoms with Crippen LogP contribution >= 0.6 is 0 Å². The van der Waals surface area contributed by atoms with Gasteiger partial charge in [-0.25, -0.2) is 14.4 Å². The summed E-state index contributed by atoms with van der Waals surface area (Å²) in [6.07, 6.45) is -4.09. The fourth-order valence-corrected chi connectivity index (χ4v) is 1.78. The maximum absolute atomic E-state index is 13.3. The Morgan fingerprint density at radius 1 is 1.14 bits per heavy atom. The van der Waals surface area contributed by atoms with Crippen LogP contribution in [0.3, 0.4) is 0 Å². The predicted molar refractivity (Wildman–Crippen MR) is 67.7 cm³/mol. The highest BCUT2D eigenvalue weighted by atomic mass is 19.4. The first-order valence-corrected chi connectivity index (χ1v) is 6.17. The summed E-state index contributed by atoms with van der Waals surface area (Å²) in [7, 11) is 0. The van der Waals surface area contributed by atoms with Crippen molar-refractivity contribution in [3.8, 4) is 11.4 Å². The molecule has 1 aromatic carbocycles. The summed E-state index contributed by atoms with van der Waals surface area (Å²) in [5.74, 6) is -0.362. The van der Waals surface area contributed by atoms with Crippen LogP contribution in [0.5, 0.6) is 0 Å². The molecule has 112 valence electrons. The van der Waals surface area contributed by atoms with E-state index in [1.807, 2.05) is 0 Å². The first kappa shape index (κ1) is 15.4. The first-order chi connectivity index (χ1) is 9.89. The molecule has 0 spiro atoms. The number of aromatic nitrogens is 2. The highest BCUT2D eigenvalue weighted by Crippen LogP contribution is 2.23. The van der Waals surface area contributed by atoms with Gasteiger partial charge in [0.05, 0.1) is 6.61 Å². The Labute approximate surface area is 118 Å². The molecule has 7 heteroatoms. The van der Waals surface area contributed by atoms with Crippen LogP contribution in [-0.4, -0.2) is 21.3 Å². The van der Waals surface area contributed by atoms with Crippen molar-refractivity contribution in [1.82, 2.24) is 9.97 Å². The first-order valence-electron chi connectivity index (χ1n) is 6.17. The topological polar surface area (TPSA) is 46.0 Å². The number of rotatable bonds is 4. The molecular formula is C14H12F4N2O. The number of aryl methyl sites for hydroxylation is 1. The van der Waals surface area contributed by atoms with E-state index in [2.05, 4.69) is 9.97 Å². The van der Waals surface area contributed by atoms with E-state index in [1.165, 1.54) is 24.4 Å². The van der Waals surface area contributed by atoms with Crippen molar-refractivity contribution in [2.75, 3.05) is 0 Å². The van der Waals surface area contributed by atoms with Gasteiger partial charge >= 0.3 is 6.18 Å². The van der Waals surface area contributed by atoms with E-state index < -0.39 is 25.0 Å². The summed E-state index contributed by atoms with van der Waals surface area (Å²) in [5, 5.41) is 9.01. The second-order valence-corrected chi connectivity index (χ2v) is 4.45. The average molecular weight is 300 g/mol. The number of halogens is 4. The number of benzene rings is 1. The molecule has 0 saturated carbocycles. The minimum absolute atomic E-state index is 0.0804. The van der Waals surface area contributed by atoms with E-state index in [4.69, 9.17) is 5.11 Å². The van der Waals surface area contributed by atoms with Crippen LogP contribution in [-0.2, 0) is 13.0 Å². The largest absolute Gasteiger partial charge is 0.392 e. The molecular weight excluding hydrogens is 288 g/mol. The van der Waals surface area contributed by atoms with E-state index in [9.17, 15) is 17.6 Å². The van der Waals surface area contributed by atoms with Crippen molar-refractivity contribution in [3.63, 3.8) is 0 Å². The van der Waals surface area contributed by atoms with Gasteiger partial charge in [-0.05, 0) is 30.7 Å². The van der Waals surface area contributed by atoms with Crippen LogP contribution in [0.4, 0.5) is 17.6 Å². The lowest BCUT2D eigenvalue weighted by Crippen LogP contribution is -2.09. The summed E-state index contributed by atoms with van der Waals surface area (Å²) >= 11 is 0. The number of hydrogen-bond donors (Lipinski definition) is 1. The van der Waals surface area contributed by atoms with Gasteiger partial charge in [0, 0.05) is 29.4 Å². The van der Waals surface area contributed by atoms with Gasteiger partial charge in [0.2, 0.25) is 0 Å². The van der Waals surface area contributed by atoms with Crippen LogP contribution < -0.4 is 0 Å². The van der Waals surface area contributed by atoms with Crippen molar-refractivity contribution in [3.05, 3.63) is 47.5 Å². The van der Waals surface area contributed by atoms with E-state index in [-0.39, 0.29) is 23.5 Å². The lowest BCUT2D eigenvalue weighted by molar-refractivity contribution is -0.134. The fraction of sp³-hybridized carbons (Fsp3) is 0.286. The molecule has 21 heavy (non-hydrogen) atoms. The summed E-state index contributed by atoms with van der Waals surface area (Å²) in [6.45, 7) is -0.479. The zero-order chi connectivity index (χ0) is 15.5. The zero-order valence-corrected chi connectivity index (χ0v) is 10.9. The SMILES string of the molecule is OCc1cc(-c2nccc(CCC(F)(F)F)n2)ccc1F. The Morgan fingerprint density at radius 2 is 1.90 bits per heavy atom. The van der Waals surface area contributed by atoms with Gasteiger partial charge in [0.25, 0.3) is 0 Å². The van der Waals surface area contributed by atoms with Gasteiger partial charge in [0.15, 0.2) is 5.82 Å². The zero-order valence-electron chi connectivity index (χ0n) is 10.9. The molecule has 2 aromatic rings. The maximum Gasteiger partial charge on any atom is 0.389 e. The molecule has 0 aliphatic heterocycles. The van der Waals surface area contributed by atoms with Gasteiger partial charge in [-0.15, -0.1) is 0 Å². The molecule has 0 unspecified atom stereocenters. The quantitative estimate of drug-likeness (QED) is 0.882. The van der Waals surface area contributed by atoms with E-state index >= 15 is 0 Å². The minimum atomic E-state index is -4.24. The minimum Gasteiger partial charge on any atom is -0.392 e. The van der Waals surface area contributed by atoms with E-state index in [1.54, 1.807) is 0 Å². The molecule has 1 N–H and O–H groups in total. The van der Waals surface area contributed by atoms with Crippen LogP contribution in [0.15, 0.2) is 30.5 Å². The number of aliphatic hydroxyl groups excluding tert-OH is 1. The van der Waals surface area contributed by atoms with Crippen molar-refractivity contribution in [2.45, 2.75) is 25.6 Å². The second kappa shape index (κ2) is 6.17. The van der Waals surface area contributed by atoms with Crippen LogP contribution in [0.2, 0.25) is 0 Å². The van der Waals surface area contributed by atoms with Gasteiger partial charge in [0.1, 0.15) is 5.82 Å². The normalized spacial score (nSPS) is 11.7. The standard InChI is InChI=1S/C14H12F4N2O/c15-12-2-1-9(7-10(12)8-21)13-19-6-4-11(20-13)3-5-14(16,17)18/h1-2,4,6-7,21H,3,5,8H2. The number of aliphatic hydroxyl groups is 1. The average Bonchev–Trinajstić information content (AvgIpc) is 2.45. The molecule has 0 saturated heterocycles. The Morgan fingerprint density at radius 3 is 2.57 bits per heavy atom. The summed E-state index contributed by atoms with van der Waals surface area (Å²) < 4.78 is 49.9. The Balaban J connectivity index is 2.24. The smallest absolute Gasteiger partial charge is 0.389 e. The molecule has 0 aliphatic carbocycles. The molecule has 0 radical (unpaired) electrons. The van der Waals surface area contributed by atoms with Crippen molar-refractivity contribution in [1.29, 1.82) is 0 Å². The molecule has 0 amide bonds. The number of nitrogens with zero attached hydrogens (tertiary/aromatic N) is 2. The number of alkyl halides is 3. The maximum atomic E-state index is 13.3. The van der Waals surface area contributed by atoms with Crippen LogP contribution in [0, 0.1) is 5.82 Å². The predicted octanol–water partition coefficient (Wildman–Crippen LogP) is 3.27. The molecule has 3 nitrogen and oxygen atoms in total. The molecule has 0 bridgehead atoms. The van der Waals surface area contributed by atoms with E-state index in [0.717, 1.165) is 6.07 Å². The Bertz CT molecular complexity index is 629. The highest BCUT2D eigenvalue weighted by molar-refractivity contribution is 5.56. The third-order valence-electron chi connectivity index (χ3n) is 2.85. The monoisotopic (exact) mass is 300 g/mol. The Hall–Kier alpha value is -2.02. The highest BCUT2D eigenvalue weighted by Gasteiger charge is 2.26. The van der Waals surface area contributed by atoms with Crippen molar-refractivity contribution in [2.24, 2.45) is 0 Å². The van der Waals surface area contributed by atoms with Crippen molar-refractivity contribution >= 4 is 0 Å². The summed E-state index contributed by atoms with van der Waals surface area (Å²) in [4.78, 5) is 8.00. The summed E-state index contributed by atoms with van der Waals surface area (Å²) in [5.41, 5.74) is 0.776. The van der Waals surface area contributed by atoms with Crippen LogP contribution in [0.25, 0.3) is 11.4 Å². The molecule has 1 heterocycles. The Kier molecular flexibility index (Phi) is 4.52. The molecule has 1 aromatic heterocycles. The molecule has 0 atom stereocenters. The second-order valence-electron chi connectivity index (χ2n) is 4.45. The third kappa shape index (κ3) is 4.22.